The fraction of sp³-hybridized carbons (Fsp3) is 0.125. The van der Waals surface area contributed by atoms with Crippen molar-refractivity contribution in [2.75, 3.05) is 0 Å². The van der Waals surface area contributed by atoms with E-state index in [1.807, 2.05) is 50.2 Å². The minimum absolute atomic E-state index is 0.0844. The van der Waals surface area contributed by atoms with E-state index >= 15 is 0 Å². The molecule has 0 aliphatic heterocycles. The number of nitrogens with one attached hydrogen (secondary N) is 1. The van der Waals surface area contributed by atoms with Crippen molar-refractivity contribution in [3.8, 4) is 0 Å². The molecule has 1 amide bonds. The number of carbonyl (C=O) groups excluding carboxylic acids is 1. The highest BCUT2D eigenvalue weighted by Gasteiger charge is 2.13. The zero-order valence-corrected chi connectivity index (χ0v) is 15.7. The van der Waals surface area contributed by atoms with E-state index < -0.39 is 0 Å². The van der Waals surface area contributed by atoms with Crippen LogP contribution in [-0.2, 0) is 0 Å². The first-order valence-corrected chi connectivity index (χ1v) is 9.43. The Hall–Kier alpha value is -3.53. The third-order valence-electron chi connectivity index (χ3n) is 5.00. The molecule has 0 saturated heterocycles. The van der Waals surface area contributed by atoms with E-state index in [1.54, 1.807) is 0 Å². The number of hydrogen-bond acceptors (Lipinski definition) is 3. The van der Waals surface area contributed by atoms with Gasteiger partial charge in [-0.1, -0.05) is 48.5 Å². The molecule has 0 atom stereocenters. The molecule has 28 heavy (non-hydrogen) atoms. The average molecular weight is 365 g/mol. The average Bonchev–Trinajstić information content (AvgIpc) is 2.72. The van der Waals surface area contributed by atoms with Crippen LogP contribution in [0, 0.1) is 0 Å². The van der Waals surface area contributed by atoms with Gasteiger partial charge in [-0.3, -0.25) is 4.79 Å². The Labute approximate surface area is 162 Å². The largest absolute Gasteiger partial charge is 0.350 e. The Morgan fingerprint density at radius 2 is 1.29 bits per heavy atom. The number of aromatic nitrogens is 2. The summed E-state index contributed by atoms with van der Waals surface area (Å²) in [6.45, 7) is 3.90. The lowest BCUT2D eigenvalue weighted by Gasteiger charge is -2.11. The van der Waals surface area contributed by atoms with E-state index in [0.29, 0.717) is 5.56 Å². The Balaban J connectivity index is 1.85. The van der Waals surface area contributed by atoms with Gasteiger partial charge in [0.2, 0.25) is 0 Å². The summed E-state index contributed by atoms with van der Waals surface area (Å²) in [6.07, 6.45) is 0. The van der Waals surface area contributed by atoms with Gasteiger partial charge in [0, 0.05) is 22.4 Å². The molecular formula is C24H19N3O. The van der Waals surface area contributed by atoms with Crippen LogP contribution in [0.4, 0.5) is 0 Å². The van der Waals surface area contributed by atoms with Crippen LogP contribution < -0.4 is 5.32 Å². The maximum absolute atomic E-state index is 12.4. The van der Waals surface area contributed by atoms with Crippen LogP contribution in [0.1, 0.15) is 24.2 Å². The van der Waals surface area contributed by atoms with Gasteiger partial charge >= 0.3 is 0 Å². The number of carbonyl (C=O) groups is 1. The molecule has 0 radical (unpaired) electrons. The summed E-state index contributed by atoms with van der Waals surface area (Å²) in [7, 11) is 0. The van der Waals surface area contributed by atoms with Gasteiger partial charge in [0.1, 0.15) is 0 Å². The van der Waals surface area contributed by atoms with Crippen LogP contribution >= 0.6 is 0 Å². The summed E-state index contributed by atoms with van der Waals surface area (Å²) in [5.74, 6) is -0.0952. The Morgan fingerprint density at radius 1 is 0.750 bits per heavy atom. The highest BCUT2D eigenvalue weighted by Crippen LogP contribution is 2.33. The van der Waals surface area contributed by atoms with E-state index in [4.69, 9.17) is 9.97 Å². The maximum atomic E-state index is 12.4. The van der Waals surface area contributed by atoms with Gasteiger partial charge in [0.25, 0.3) is 5.91 Å². The third kappa shape index (κ3) is 2.57. The molecule has 0 saturated carbocycles. The predicted octanol–water partition coefficient (Wildman–Crippen LogP) is 5.23. The van der Waals surface area contributed by atoms with Gasteiger partial charge in [-0.15, -0.1) is 0 Å². The predicted molar refractivity (Wildman–Crippen MR) is 115 cm³/mol. The molecule has 136 valence electrons. The van der Waals surface area contributed by atoms with Crippen molar-refractivity contribution in [1.29, 1.82) is 0 Å². The van der Waals surface area contributed by atoms with Gasteiger partial charge in [0.05, 0.1) is 22.1 Å². The fourth-order valence-electron chi connectivity index (χ4n) is 3.77. The summed E-state index contributed by atoms with van der Waals surface area (Å²) >= 11 is 0. The Kier molecular flexibility index (Phi) is 3.72. The summed E-state index contributed by atoms with van der Waals surface area (Å²) < 4.78 is 0. The van der Waals surface area contributed by atoms with Crippen LogP contribution in [0.2, 0.25) is 0 Å². The normalized spacial score (nSPS) is 11.7. The van der Waals surface area contributed by atoms with Crippen LogP contribution in [0.5, 0.6) is 0 Å². The Morgan fingerprint density at radius 3 is 1.86 bits per heavy atom. The first kappa shape index (κ1) is 16.6. The van der Waals surface area contributed by atoms with E-state index in [2.05, 4.69) is 35.6 Å². The third-order valence-corrected chi connectivity index (χ3v) is 5.00. The van der Waals surface area contributed by atoms with Crippen molar-refractivity contribution in [2.45, 2.75) is 19.9 Å². The molecule has 0 spiro atoms. The van der Waals surface area contributed by atoms with Crippen molar-refractivity contribution in [1.82, 2.24) is 15.3 Å². The zero-order valence-electron chi connectivity index (χ0n) is 15.7. The van der Waals surface area contributed by atoms with E-state index in [0.717, 1.165) is 38.2 Å². The fourth-order valence-corrected chi connectivity index (χ4v) is 3.77. The lowest BCUT2D eigenvalue weighted by molar-refractivity contribution is 0.0943. The second-order valence-corrected chi connectivity index (χ2v) is 7.34. The zero-order chi connectivity index (χ0) is 19.3. The van der Waals surface area contributed by atoms with Gasteiger partial charge in [-0.05, 0) is 42.8 Å². The van der Waals surface area contributed by atoms with Gasteiger partial charge in [0.15, 0.2) is 0 Å². The van der Waals surface area contributed by atoms with E-state index in [-0.39, 0.29) is 11.9 Å². The molecule has 4 aromatic carbocycles. The van der Waals surface area contributed by atoms with Crippen molar-refractivity contribution in [3.63, 3.8) is 0 Å². The lowest BCUT2D eigenvalue weighted by atomic mass is 9.99. The summed E-state index contributed by atoms with van der Waals surface area (Å²) in [5.41, 5.74) is 3.86. The highest BCUT2D eigenvalue weighted by molar-refractivity contribution is 6.23. The molecular weight excluding hydrogens is 346 g/mol. The molecule has 0 fully saturated rings. The van der Waals surface area contributed by atoms with Gasteiger partial charge in [-0.2, -0.15) is 0 Å². The molecule has 0 aliphatic carbocycles. The molecule has 4 heteroatoms. The van der Waals surface area contributed by atoms with E-state index in [1.165, 1.54) is 5.39 Å². The van der Waals surface area contributed by atoms with Gasteiger partial charge < -0.3 is 5.32 Å². The SMILES string of the molecule is CC(C)NC(=O)c1ccc2nc3c4ccccc4c4ccccc4c3nc2c1. The van der Waals surface area contributed by atoms with Crippen molar-refractivity contribution < 1.29 is 4.79 Å². The van der Waals surface area contributed by atoms with Crippen LogP contribution in [0.15, 0.2) is 66.7 Å². The quantitative estimate of drug-likeness (QED) is 0.344. The Bertz CT molecular complexity index is 1390. The van der Waals surface area contributed by atoms with Crippen molar-refractivity contribution >= 4 is 49.5 Å². The molecule has 0 bridgehead atoms. The first-order chi connectivity index (χ1) is 13.6. The van der Waals surface area contributed by atoms with Crippen molar-refractivity contribution in [2.24, 2.45) is 0 Å². The topological polar surface area (TPSA) is 54.9 Å². The number of rotatable bonds is 2. The lowest BCUT2D eigenvalue weighted by Crippen LogP contribution is -2.30. The first-order valence-electron chi connectivity index (χ1n) is 9.43. The molecule has 0 aliphatic rings. The molecule has 1 aromatic heterocycles. The smallest absolute Gasteiger partial charge is 0.251 e. The minimum atomic E-state index is -0.0952. The molecule has 4 nitrogen and oxygen atoms in total. The highest BCUT2D eigenvalue weighted by atomic mass is 16.1. The second-order valence-electron chi connectivity index (χ2n) is 7.34. The summed E-state index contributed by atoms with van der Waals surface area (Å²) in [6, 6.07) is 22.2. The molecule has 0 unspecified atom stereocenters. The van der Waals surface area contributed by atoms with Gasteiger partial charge in [-0.25, -0.2) is 9.97 Å². The number of nitrogens with zero attached hydrogens (tertiary/aromatic N) is 2. The second kappa shape index (κ2) is 6.27. The molecule has 1 N–H and O–H groups in total. The maximum Gasteiger partial charge on any atom is 0.251 e. The van der Waals surface area contributed by atoms with Crippen molar-refractivity contribution in [3.05, 3.63) is 72.3 Å². The summed E-state index contributed by atoms with van der Waals surface area (Å²) in [4.78, 5) is 22.2. The van der Waals surface area contributed by atoms with Crippen LogP contribution in [0.3, 0.4) is 0 Å². The van der Waals surface area contributed by atoms with Crippen LogP contribution in [0.25, 0.3) is 43.6 Å². The molecule has 5 rings (SSSR count). The van der Waals surface area contributed by atoms with E-state index in [9.17, 15) is 4.79 Å². The van der Waals surface area contributed by atoms with Crippen LogP contribution in [-0.4, -0.2) is 21.9 Å². The molecule has 5 aromatic rings. The summed E-state index contributed by atoms with van der Waals surface area (Å²) in [5, 5.41) is 7.42. The monoisotopic (exact) mass is 365 g/mol. The minimum Gasteiger partial charge on any atom is -0.350 e. The standard InChI is InChI=1S/C24H19N3O/c1-14(2)25-24(28)15-11-12-20-21(13-15)27-23-19-10-6-4-8-17(19)16-7-3-5-9-18(16)22(23)26-20/h3-14H,1-2H3,(H,25,28). The number of amides is 1. The number of fused-ring (bicyclic) bond motifs is 7. The molecule has 1 heterocycles. The number of hydrogen-bond donors (Lipinski definition) is 1. The number of benzene rings is 4.